The largest absolute Gasteiger partial charge is 0.378 e. The Balaban J connectivity index is 0.00000113. The summed E-state index contributed by atoms with van der Waals surface area (Å²) >= 11 is 0. The van der Waals surface area contributed by atoms with Crippen LogP contribution in [-0.2, 0) is 0 Å². The summed E-state index contributed by atoms with van der Waals surface area (Å²) in [6.45, 7) is 18.1. The van der Waals surface area contributed by atoms with Gasteiger partial charge in [-0.05, 0) is 56.7 Å². The average molecular weight is 416 g/mol. The molecule has 0 saturated heterocycles. The minimum atomic E-state index is 0.355. The molecule has 0 aliphatic carbocycles. The van der Waals surface area contributed by atoms with Crippen LogP contribution in [0.25, 0.3) is 11.3 Å². The van der Waals surface area contributed by atoms with Crippen LogP contribution >= 0.6 is 0 Å². The Morgan fingerprint density at radius 3 is 1.90 bits per heavy atom. The van der Waals surface area contributed by atoms with Crippen molar-refractivity contribution in [1.82, 2.24) is 5.32 Å². The van der Waals surface area contributed by atoms with Crippen molar-refractivity contribution in [3.8, 4) is 0 Å². The molecule has 2 aromatic rings. The van der Waals surface area contributed by atoms with Crippen molar-refractivity contribution >= 4 is 11.3 Å². The van der Waals surface area contributed by atoms with Crippen LogP contribution < -0.4 is 5.32 Å². The molecule has 2 aromatic carbocycles. The first-order chi connectivity index (χ1) is 15.1. The molecule has 1 atom stereocenters. The highest BCUT2D eigenvalue weighted by Gasteiger charge is 2.18. The average Bonchev–Trinajstić information content (AvgIpc) is 2.82. The number of hydrogen-bond donors (Lipinski definition) is 1. The number of hydrogen-bond acceptors (Lipinski definition) is 1. The van der Waals surface area contributed by atoms with E-state index >= 15 is 0 Å². The van der Waals surface area contributed by atoms with Crippen LogP contribution in [0.2, 0.25) is 0 Å². The number of nitrogens with one attached hydrogen (secondary N) is 1. The summed E-state index contributed by atoms with van der Waals surface area (Å²) in [5, 5.41) is 3.79. The lowest BCUT2D eigenvalue weighted by molar-refractivity contribution is 0.608. The van der Waals surface area contributed by atoms with Gasteiger partial charge in [0.1, 0.15) is 0 Å². The lowest BCUT2D eigenvalue weighted by Gasteiger charge is -2.26. The Hall–Kier alpha value is -2.76. The Labute approximate surface area is 191 Å². The van der Waals surface area contributed by atoms with Crippen LogP contribution in [0, 0.1) is 13.8 Å². The van der Waals surface area contributed by atoms with Crippen molar-refractivity contribution in [3.05, 3.63) is 101 Å². The van der Waals surface area contributed by atoms with Crippen molar-refractivity contribution in [3.63, 3.8) is 0 Å². The smallest absolute Gasteiger partial charge is 0.0497 e. The summed E-state index contributed by atoms with van der Waals surface area (Å²) in [5.74, 6) is 0. The van der Waals surface area contributed by atoms with E-state index in [0.717, 1.165) is 19.3 Å². The summed E-state index contributed by atoms with van der Waals surface area (Å²) in [7, 11) is 0. The second-order valence-corrected chi connectivity index (χ2v) is 7.48. The van der Waals surface area contributed by atoms with Crippen molar-refractivity contribution in [2.24, 2.45) is 0 Å². The van der Waals surface area contributed by atoms with E-state index in [4.69, 9.17) is 0 Å². The van der Waals surface area contributed by atoms with Gasteiger partial charge in [-0.25, -0.2) is 0 Å². The SMILES string of the molecule is C=C=C(C)CCCC1C=CC(c2ccc(C)cc2)=C(c2ccc(C)cc2)N1.CC.CC. The molecule has 0 bridgehead atoms. The highest BCUT2D eigenvalue weighted by atomic mass is 14.9. The Bertz CT molecular complexity index is 888. The molecule has 0 saturated carbocycles. The van der Waals surface area contributed by atoms with Gasteiger partial charge in [-0.15, -0.1) is 5.73 Å². The summed E-state index contributed by atoms with van der Waals surface area (Å²) < 4.78 is 0. The van der Waals surface area contributed by atoms with Crippen molar-refractivity contribution < 1.29 is 0 Å². The quantitative estimate of drug-likeness (QED) is 0.465. The van der Waals surface area contributed by atoms with Crippen LogP contribution in [0.3, 0.4) is 0 Å². The first-order valence-electron chi connectivity index (χ1n) is 11.8. The minimum absolute atomic E-state index is 0.355. The van der Waals surface area contributed by atoms with Gasteiger partial charge in [-0.2, -0.15) is 0 Å². The summed E-state index contributed by atoms with van der Waals surface area (Å²) in [6.07, 6.45) is 7.89. The lowest BCUT2D eigenvalue weighted by atomic mass is 9.93. The fraction of sp³-hybridized carbons (Fsp3) is 0.367. The maximum atomic E-state index is 3.79. The zero-order chi connectivity index (χ0) is 23.2. The van der Waals surface area contributed by atoms with E-state index in [1.54, 1.807) is 0 Å². The van der Waals surface area contributed by atoms with E-state index in [-0.39, 0.29) is 0 Å². The third-order valence-corrected chi connectivity index (χ3v) is 5.17. The number of rotatable bonds is 6. The summed E-state index contributed by atoms with van der Waals surface area (Å²) in [5.41, 5.74) is 11.8. The zero-order valence-corrected chi connectivity index (χ0v) is 20.7. The van der Waals surface area contributed by atoms with Crippen LogP contribution in [0.5, 0.6) is 0 Å². The molecule has 1 N–H and O–H groups in total. The Morgan fingerprint density at radius 1 is 0.871 bits per heavy atom. The predicted molar refractivity (Wildman–Crippen MR) is 140 cm³/mol. The Kier molecular flexibility index (Phi) is 12.1. The van der Waals surface area contributed by atoms with Crippen molar-refractivity contribution in [2.75, 3.05) is 0 Å². The highest BCUT2D eigenvalue weighted by molar-refractivity contribution is 5.96. The van der Waals surface area contributed by atoms with Crippen LogP contribution in [0.15, 0.2) is 78.6 Å². The van der Waals surface area contributed by atoms with Gasteiger partial charge < -0.3 is 5.32 Å². The fourth-order valence-electron chi connectivity index (χ4n) is 3.38. The van der Waals surface area contributed by atoms with Gasteiger partial charge in [0.25, 0.3) is 0 Å². The molecule has 0 fully saturated rings. The first-order valence-corrected chi connectivity index (χ1v) is 11.8. The van der Waals surface area contributed by atoms with E-state index < -0.39 is 0 Å². The van der Waals surface area contributed by atoms with E-state index in [1.165, 1.54) is 39.1 Å². The molecule has 1 nitrogen and oxygen atoms in total. The van der Waals surface area contributed by atoms with Crippen molar-refractivity contribution in [1.29, 1.82) is 0 Å². The van der Waals surface area contributed by atoms with Gasteiger partial charge in [-0.3, -0.25) is 0 Å². The second kappa shape index (κ2) is 14.3. The number of allylic oxidation sites excluding steroid dienone is 3. The third-order valence-electron chi connectivity index (χ3n) is 5.17. The molecule has 0 radical (unpaired) electrons. The van der Waals surface area contributed by atoms with E-state index in [0.29, 0.717) is 6.04 Å². The second-order valence-electron chi connectivity index (χ2n) is 7.48. The number of dihydropyridines is 1. The Morgan fingerprint density at radius 2 is 1.39 bits per heavy atom. The standard InChI is InChI=1S/C26H29N.2C2H6/c1-5-19(2)7-6-8-24-17-18-25(22-13-9-20(3)10-14-22)26(27-24)23-15-11-21(4)12-16-23;2*1-2/h9-18,24,27H,1,6-8H2,2-4H3;2*1-2H3. The van der Waals surface area contributed by atoms with E-state index in [1.807, 2.05) is 27.7 Å². The molecular weight excluding hydrogens is 374 g/mol. The maximum absolute atomic E-state index is 3.79. The van der Waals surface area contributed by atoms with Crippen molar-refractivity contribution in [2.45, 2.75) is 73.8 Å². The number of aryl methyl sites for hydroxylation is 2. The van der Waals surface area contributed by atoms with Crippen LogP contribution in [0.1, 0.15) is 76.1 Å². The molecule has 1 aliphatic heterocycles. The topological polar surface area (TPSA) is 12.0 Å². The third kappa shape index (κ3) is 8.12. The minimum Gasteiger partial charge on any atom is -0.378 e. The number of benzene rings is 2. The lowest BCUT2D eigenvalue weighted by Crippen LogP contribution is -2.29. The van der Waals surface area contributed by atoms with E-state index in [9.17, 15) is 0 Å². The van der Waals surface area contributed by atoms with Crippen LogP contribution in [0.4, 0.5) is 0 Å². The molecule has 1 heterocycles. The molecule has 1 aliphatic rings. The van der Waals surface area contributed by atoms with Gasteiger partial charge in [0.05, 0.1) is 0 Å². The molecular formula is C30H41N. The molecule has 166 valence electrons. The highest BCUT2D eigenvalue weighted by Crippen LogP contribution is 2.30. The maximum Gasteiger partial charge on any atom is 0.0497 e. The molecule has 0 aromatic heterocycles. The molecule has 3 rings (SSSR count). The van der Waals surface area contributed by atoms with Gasteiger partial charge in [-0.1, -0.05) is 106 Å². The zero-order valence-electron chi connectivity index (χ0n) is 20.7. The molecule has 1 unspecified atom stereocenters. The summed E-state index contributed by atoms with van der Waals surface area (Å²) in [6, 6.07) is 17.9. The monoisotopic (exact) mass is 415 g/mol. The molecule has 31 heavy (non-hydrogen) atoms. The van der Waals surface area contributed by atoms with Gasteiger partial charge >= 0.3 is 0 Å². The normalized spacial score (nSPS) is 14.4. The van der Waals surface area contributed by atoms with Crippen LogP contribution in [-0.4, -0.2) is 6.04 Å². The fourth-order valence-corrected chi connectivity index (χ4v) is 3.38. The van der Waals surface area contributed by atoms with E-state index in [2.05, 4.69) is 99.1 Å². The molecule has 1 heteroatoms. The van der Waals surface area contributed by atoms with Gasteiger partial charge in [0.15, 0.2) is 0 Å². The molecule has 0 spiro atoms. The molecule has 0 amide bonds. The predicted octanol–water partition coefficient (Wildman–Crippen LogP) is 8.65. The van der Waals surface area contributed by atoms with Gasteiger partial charge in [0, 0.05) is 17.3 Å². The van der Waals surface area contributed by atoms with Gasteiger partial charge in [0.2, 0.25) is 0 Å². The summed E-state index contributed by atoms with van der Waals surface area (Å²) in [4.78, 5) is 0. The first kappa shape index (κ1) is 26.3.